The number of hydrogen-bond acceptors (Lipinski definition) is 5. The molecule has 0 aromatic rings. The van der Waals surface area contributed by atoms with E-state index in [9.17, 15) is 9.59 Å². The van der Waals surface area contributed by atoms with Crippen molar-refractivity contribution in [2.75, 3.05) is 13.1 Å². The number of carbonyl (C=O) groups is 2. The second-order valence-electron chi connectivity index (χ2n) is 1.20. The summed E-state index contributed by atoms with van der Waals surface area (Å²) in [4.78, 5) is 18.5. The summed E-state index contributed by atoms with van der Waals surface area (Å²) in [6.07, 6.45) is 0. The molecule has 0 heterocycles. The van der Waals surface area contributed by atoms with E-state index in [1.165, 1.54) is 0 Å². The maximum Gasteiger partial charge on any atom is 0.317 e. The highest BCUT2D eigenvalue weighted by Gasteiger charge is 1.81. The Balaban J connectivity index is -0.000000107. The molecule has 0 atom stereocenters. The molecule has 0 bridgehead atoms. The third-order valence-corrected chi connectivity index (χ3v) is 0.349. The van der Waals surface area contributed by atoms with Crippen LogP contribution >= 0.6 is 0 Å². The van der Waals surface area contributed by atoms with Crippen molar-refractivity contribution in [1.82, 2.24) is 6.15 Å². The first-order valence-electron chi connectivity index (χ1n) is 2.38. The molecule has 11 heavy (non-hydrogen) atoms. The summed E-state index contributed by atoms with van der Waals surface area (Å²) in [5, 5.41) is 15.2. The quantitative estimate of drug-likeness (QED) is 0.324. The normalized spacial score (nSPS) is 6.73. The molecule has 0 rings (SSSR count). The van der Waals surface area contributed by atoms with Crippen molar-refractivity contribution in [3.8, 4) is 0 Å². The van der Waals surface area contributed by atoms with Gasteiger partial charge >= 0.3 is 11.9 Å². The molecule has 0 aromatic carbocycles. The molecule has 0 fully saturated rings. The zero-order valence-corrected chi connectivity index (χ0v) is 5.99. The van der Waals surface area contributed by atoms with Crippen molar-refractivity contribution >= 4 is 11.9 Å². The second-order valence-corrected chi connectivity index (χ2v) is 1.20. The van der Waals surface area contributed by atoms with Gasteiger partial charge in [0.25, 0.3) is 0 Å². The fraction of sp³-hybridized carbons (Fsp3) is 0.500. The summed E-state index contributed by atoms with van der Waals surface area (Å²) >= 11 is 0. The topological polar surface area (TPSA) is 162 Å². The van der Waals surface area contributed by atoms with E-state index in [0.717, 1.165) is 0 Å². The van der Waals surface area contributed by atoms with Crippen LogP contribution < -0.4 is 17.6 Å². The Morgan fingerprint density at radius 2 is 1.09 bits per heavy atom. The Hall–Kier alpha value is -1.18. The van der Waals surface area contributed by atoms with E-state index >= 15 is 0 Å². The van der Waals surface area contributed by atoms with E-state index in [-0.39, 0.29) is 19.2 Å². The number of rotatable bonds is 2. The molecule has 0 aromatic heterocycles. The standard InChI is InChI=1S/2C2H5NO2.H3N/c2*3-1-2(4)5;/h2*1,3H2,(H,4,5);1H3. The van der Waals surface area contributed by atoms with Crippen LogP contribution in [0.15, 0.2) is 0 Å². The number of hydrogen-bond donors (Lipinski definition) is 5. The highest BCUT2D eigenvalue weighted by atomic mass is 16.4. The highest BCUT2D eigenvalue weighted by Crippen LogP contribution is 1.44. The SMILES string of the molecule is N.NCC(=O)O.NCC(=O)O. The summed E-state index contributed by atoms with van der Waals surface area (Å²) in [6.45, 7) is -0.556. The molecule has 7 nitrogen and oxygen atoms in total. The fourth-order valence-electron chi connectivity index (χ4n) is 0. The van der Waals surface area contributed by atoms with Crippen molar-refractivity contribution in [3.63, 3.8) is 0 Å². The monoisotopic (exact) mass is 167 g/mol. The van der Waals surface area contributed by atoms with Gasteiger partial charge in [0.05, 0.1) is 13.1 Å². The molecule has 0 spiro atoms. The average molecular weight is 167 g/mol. The molecule has 0 aliphatic carbocycles. The van der Waals surface area contributed by atoms with Gasteiger partial charge in [0.2, 0.25) is 0 Å². The maximum absolute atomic E-state index is 9.24. The Bertz CT molecular complexity index is 102. The van der Waals surface area contributed by atoms with Crippen molar-refractivity contribution in [1.29, 1.82) is 0 Å². The molecule has 0 radical (unpaired) electrons. The van der Waals surface area contributed by atoms with Crippen LogP contribution in [0.5, 0.6) is 0 Å². The van der Waals surface area contributed by atoms with E-state index in [2.05, 4.69) is 11.5 Å². The summed E-state index contributed by atoms with van der Waals surface area (Å²) in [7, 11) is 0. The van der Waals surface area contributed by atoms with Crippen LogP contribution in [0.25, 0.3) is 0 Å². The molecule has 0 aliphatic rings. The number of nitrogens with two attached hydrogens (primary N) is 2. The van der Waals surface area contributed by atoms with Crippen LogP contribution in [0, 0.1) is 0 Å². The molecule has 0 unspecified atom stereocenters. The molecular formula is C4H13N3O4. The molecule has 0 saturated heterocycles. The lowest BCUT2D eigenvalue weighted by molar-refractivity contribution is -0.136. The van der Waals surface area contributed by atoms with Gasteiger partial charge < -0.3 is 27.8 Å². The molecule has 0 saturated carbocycles. The molecule has 0 amide bonds. The van der Waals surface area contributed by atoms with E-state index in [1.807, 2.05) is 0 Å². The van der Waals surface area contributed by atoms with E-state index in [0.29, 0.717) is 0 Å². The zero-order valence-electron chi connectivity index (χ0n) is 5.99. The van der Waals surface area contributed by atoms with Gasteiger partial charge in [-0.05, 0) is 0 Å². The van der Waals surface area contributed by atoms with Crippen LogP contribution in [0.4, 0.5) is 0 Å². The second kappa shape index (κ2) is 11.6. The van der Waals surface area contributed by atoms with E-state index < -0.39 is 11.9 Å². The van der Waals surface area contributed by atoms with Crippen LogP contribution in [0.3, 0.4) is 0 Å². The predicted octanol–water partition coefficient (Wildman–Crippen LogP) is -1.78. The Morgan fingerprint density at radius 1 is 1.00 bits per heavy atom. The smallest absolute Gasteiger partial charge is 0.317 e. The first kappa shape index (κ1) is 16.4. The van der Waals surface area contributed by atoms with E-state index in [1.54, 1.807) is 0 Å². The van der Waals surface area contributed by atoms with Gasteiger partial charge in [-0.2, -0.15) is 0 Å². The number of carboxylic acids is 2. The Morgan fingerprint density at radius 3 is 1.09 bits per heavy atom. The lowest BCUT2D eigenvalue weighted by atomic mass is 10.7. The van der Waals surface area contributed by atoms with Crippen molar-refractivity contribution in [2.24, 2.45) is 11.5 Å². The average Bonchev–Trinajstić information content (AvgIpc) is 1.89. The third kappa shape index (κ3) is 51.6. The summed E-state index contributed by atoms with van der Waals surface area (Å²) in [6, 6.07) is 0. The van der Waals surface area contributed by atoms with Gasteiger partial charge in [-0.15, -0.1) is 0 Å². The van der Waals surface area contributed by atoms with Crippen LogP contribution in [0.1, 0.15) is 0 Å². The van der Waals surface area contributed by atoms with Gasteiger partial charge in [0.15, 0.2) is 0 Å². The predicted molar refractivity (Wildman–Crippen MR) is 38.4 cm³/mol. The molecule has 0 aliphatic heterocycles. The molecule has 9 N–H and O–H groups in total. The van der Waals surface area contributed by atoms with Gasteiger partial charge in [-0.1, -0.05) is 0 Å². The number of aliphatic carboxylic acids is 2. The van der Waals surface area contributed by atoms with Crippen LogP contribution in [-0.4, -0.2) is 35.2 Å². The van der Waals surface area contributed by atoms with Crippen LogP contribution in [-0.2, 0) is 9.59 Å². The minimum absolute atomic E-state index is 0. The Kier molecular flexibility index (Phi) is 17.3. The lowest BCUT2D eigenvalue weighted by Gasteiger charge is -1.73. The van der Waals surface area contributed by atoms with Gasteiger partial charge in [-0.3, -0.25) is 9.59 Å². The van der Waals surface area contributed by atoms with Crippen LogP contribution in [0.2, 0.25) is 0 Å². The third-order valence-electron chi connectivity index (χ3n) is 0.349. The summed E-state index contributed by atoms with van der Waals surface area (Å²) in [5.41, 5.74) is 9.14. The molecular weight excluding hydrogens is 154 g/mol. The first-order chi connectivity index (χ1) is 4.54. The lowest BCUT2D eigenvalue weighted by Crippen LogP contribution is -2.10. The van der Waals surface area contributed by atoms with Gasteiger partial charge in [0, 0.05) is 0 Å². The minimum atomic E-state index is -0.968. The fourth-order valence-corrected chi connectivity index (χ4v) is 0. The summed E-state index contributed by atoms with van der Waals surface area (Å²) in [5.74, 6) is -1.94. The minimum Gasteiger partial charge on any atom is -0.480 e. The summed E-state index contributed by atoms with van der Waals surface area (Å²) < 4.78 is 0. The van der Waals surface area contributed by atoms with Crippen molar-refractivity contribution < 1.29 is 19.8 Å². The van der Waals surface area contributed by atoms with Gasteiger partial charge in [0.1, 0.15) is 0 Å². The zero-order chi connectivity index (χ0) is 8.57. The number of carboxylic acid groups (broad SMARTS) is 2. The maximum atomic E-state index is 9.24. The first-order valence-corrected chi connectivity index (χ1v) is 2.38. The van der Waals surface area contributed by atoms with Crippen molar-refractivity contribution in [2.45, 2.75) is 0 Å². The highest BCUT2D eigenvalue weighted by molar-refractivity contribution is 5.68. The molecule has 68 valence electrons. The van der Waals surface area contributed by atoms with E-state index in [4.69, 9.17) is 10.2 Å². The van der Waals surface area contributed by atoms with Gasteiger partial charge in [-0.25, -0.2) is 0 Å². The Labute approximate surface area is 63.6 Å². The largest absolute Gasteiger partial charge is 0.480 e. The van der Waals surface area contributed by atoms with Crippen molar-refractivity contribution in [3.05, 3.63) is 0 Å². The molecule has 7 heteroatoms.